The number of amides is 2. The number of rotatable bonds is 8. The number of benzene rings is 2. The van der Waals surface area contributed by atoms with Gasteiger partial charge in [0.15, 0.2) is 5.78 Å². The number of nitrogens with zero attached hydrogens (tertiary/aromatic N) is 1. The van der Waals surface area contributed by atoms with Crippen molar-refractivity contribution in [3.05, 3.63) is 65.7 Å². The third-order valence-electron chi connectivity index (χ3n) is 3.68. The Kier molecular flexibility index (Phi) is 7.05. The standard InChI is InChI=1S/C20H23N3O3/c1-3-21-18(24)13-23(2)14-19(25)22-17-12-8-7-11-16(17)20(26)15-9-5-4-6-10-15/h4-12H,3,13-14H2,1-2H3,(H,21,24)(H,22,25). The molecule has 26 heavy (non-hydrogen) atoms. The monoisotopic (exact) mass is 353 g/mol. The Bertz CT molecular complexity index is 775. The third-order valence-corrected chi connectivity index (χ3v) is 3.68. The first-order chi connectivity index (χ1) is 12.5. The summed E-state index contributed by atoms with van der Waals surface area (Å²) >= 11 is 0. The summed E-state index contributed by atoms with van der Waals surface area (Å²) in [5, 5.41) is 5.45. The van der Waals surface area contributed by atoms with Gasteiger partial charge in [0.1, 0.15) is 0 Å². The molecule has 0 radical (unpaired) electrons. The van der Waals surface area contributed by atoms with Crippen LogP contribution < -0.4 is 10.6 Å². The average molecular weight is 353 g/mol. The Morgan fingerprint density at radius 3 is 2.19 bits per heavy atom. The molecule has 0 atom stereocenters. The lowest BCUT2D eigenvalue weighted by atomic mass is 10.0. The van der Waals surface area contributed by atoms with Crippen LogP contribution in [0.5, 0.6) is 0 Å². The van der Waals surface area contributed by atoms with Gasteiger partial charge in [-0.3, -0.25) is 19.3 Å². The summed E-state index contributed by atoms with van der Waals surface area (Å²) in [5.74, 6) is -0.579. The van der Waals surface area contributed by atoms with E-state index in [1.807, 2.05) is 13.0 Å². The van der Waals surface area contributed by atoms with Gasteiger partial charge >= 0.3 is 0 Å². The highest BCUT2D eigenvalue weighted by molar-refractivity contribution is 6.13. The van der Waals surface area contributed by atoms with Gasteiger partial charge in [0.2, 0.25) is 11.8 Å². The summed E-state index contributed by atoms with van der Waals surface area (Å²) in [6.45, 7) is 2.57. The smallest absolute Gasteiger partial charge is 0.238 e. The predicted octanol–water partition coefficient (Wildman–Crippen LogP) is 1.92. The van der Waals surface area contributed by atoms with Crippen LogP contribution in [0, 0.1) is 0 Å². The second-order valence-corrected chi connectivity index (χ2v) is 5.91. The van der Waals surface area contributed by atoms with Crippen LogP contribution in [-0.2, 0) is 9.59 Å². The molecule has 136 valence electrons. The summed E-state index contributed by atoms with van der Waals surface area (Å²) in [6.07, 6.45) is 0. The normalized spacial score (nSPS) is 10.4. The maximum Gasteiger partial charge on any atom is 0.238 e. The summed E-state index contributed by atoms with van der Waals surface area (Å²) in [5.41, 5.74) is 1.44. The summed E-state index contributed by atoms with van der Waals surface area (Å²) in [4.78, 5) is 38.1. The molecule has 0 unspecified atom stereocenters. The zero-order valence-corrected chi connectivity index (χ0v) is 15.0. The fourth-order valence-electron chi connectivity index (χ4n) is 2.52. The van der Waals surface area contributed by atoms with Gasteiger partial charge in [0.05, 0.1) is 18.8 Å². The summed E-state index contributed by atoms with van der Waals surface area (Å²) < 4.78 is 0. The van der Waals surface area contributed by atoms with Crippen molar-refractivity contribution < 1.29 is 14.4 Å². The van der Waals surface area contributed by atoms with Crippen molar-refractivity contribution in [3.8, 4) is 0 Å². The van der Waals surface area contributed by atoms with Gasteiger partial charge in [0.25, 0.3) is 0 Å². The number of anilines is 1. The number of carbonyl (C=O) groups is 3. The molecular weight excluding hydrogens is 330 g/mol. The van der Waals surface area contributed by atoms with E-state index in [-0.39, 0.29) is 30.7 Å². The molecule has 0 fully saturated rings. The molecule has 0 bridgehead atoms. The second kappa shape index (κ2) is 9.48. The molecule has 0 saturated heterocycles. The van der Waals surface area contributed by atoms with Crippen LogP contribution >= 0.6 is 0 Å². The molecule has 0 aliphatic rings. The number of hydrogen-bond acceptors (Lipinski definition) is 4. The Morgan fingerprint density at radius 2 is 1.50 bits per heavy atom. The van der Waals surface area contributed by atoms with Crippen molar-refractivity contribution >= 4 is 23.3 Å². The van der Waals surface area contributed by atoms with E-state index < -0.39 is 0 Å². The van der Waals surface area contributed by atoms with E-state index in [2.05, 4.69) is 10.6 Å². The first-order valence-corrected chi connectivity index (χ1v) is 8.45. The Labute approximate surface area is 153 Å². The Balaban J connectivity index is 2.05. The lowest BCUT2D eigenvalue weighted by Crippen LogP contribution is -2.38. The van der Waals surface area contributed by atoms with E-state index in [1.54, 1.807) is 60.5 Å². The molecular formula is C20H23N3O3. The molecule has 2 amide bonds. The summed E-state index contributed by atoms with van der Waals surface area (Å²) in [6, 6.07) is 15.8. The third kappa shape index (κ3) is 5.53. The number of carbonyl (C=O) groups excluding carboxylic acids is 3. The molecule has 0 aliphatic heterocycles. The molecule has 2 aromatic rings. The fraction of sp³-hybridized carbons (Fsp3) is 0.250. The average Bonchev–Trinajstić information content (AvgIpc) is 2.62. The van der Waals surface area contributed by atoms with Gasteiger partial charge < -0.3 is 10.6 Å². The minimum atomic E-state index is -0.287. The lowest BCUT2D eigenvalue weighted by molar-refractivity contribution is -0.122. The molecule has 2 aromatic carbocycles. The van der Waals surface area contributed by atoms with Crippen LogP contribution in [0.25, 0.3) is 0 Å². The number of para-hydroxylation sites is 1. The fourth-order valence-corrected chi connectivity index (χ4v) is 2.52. The van der Waals surface area contributed by atoms with Gasteiger partial charge in [-0.15, -0.1) is 0 Å². The topological polar surface area (TPSA) is 78.5 Å². The highest BCUT2D eigenvalue weighted by atomic mass is 16.2. The second-order valence-electron chi connectivity index (χ2n) is 5.91. The minimum Gasteiger partial charge on any atom is -0.355 e. The van der Waals surface area contributed by atoms with Gasteiger partial charge in [0, 0.05) is 17.7 Å². The van der Waals surface area contributed by atoms with Crippen molar-refractivity contribution in [3.63, 3.8) is 0 Å². The number of ketones is 1. The lowest BCUT2D eigenvalue weighted by Gasteiger charge is -2.16. The van der Waals surface area contributed by atoms with E-state index in [0.717, 1.165) is 0 Å². The maximum atomic E-state index is 12.7. The van der Waals surface area contributed by atoms with E-state index in [0.29, 0.717) is 23.4 Å². The largest absolute Gasteiger partial charge is 0.355 e. The van der Waals surface area contributed by atoms with Gasteiger partial charge in [-0.05, 0) is 26.1 Å². The van der Waals surface area contributed by atoms with E-state index in [9.17, 15) is 14.4 Å². The first kappa shape index (κ1) is 19.3. The quantitative estimate of drug-likeness (QED) is 0.711. The molecule has 2 rings (SSSR count). The first-order valence-electron chi connectivity index (χ1n) is 8.45. The molecule has 0 saturated carbocycles. The van der Waals surface area contributed by atoms with Gasteiger partial charge in [-0.1, -0.05) is 42.5 Å². The molecule has 6 heteroatoms. The predicted molar refractivity (Wildman–Crippen MR) is 101 cm³/mol. The maximum absolute atomic E-state index is 12.7. The molecule has 2 N–H and O–H groups in total. The van der Waals surface area contributed by atoms with E-state index in [4.69, 9.17) is 0 Å². The molecule has 0 aliphatic carbocycles. The van der Waals surface area contributed by atoms with Crippen LogP contribution in [-0.4, -0.2) is 49.2 Å². The molecule has 0 aromatic heterocycles. The minimum absolute atomic E-state index is 0.0466. The zero-order valence-electron chi connectivity index (χ0n) is 15.0. The molecule has 6 nitrogen and oxygen atoms in total. The number of nitrogens with one attached hydrogen (secondary N) is 2. The number of hydrogen-bond donors (Lipinski definition) is 2. The van der Waals surface area contributed by atoms with Crippen molar-refractivity contribution in [2.45, 2.75) is 6.92 Å². The van der Waals surface area contributed by atoms with Crippen molar-refractivity contribution in [2.75, 3.05) is 32.0 Å². The zero-order chi connectivity index (χ0) is 18.9. The van der Waals surface area contributed by atoms with E-state index in [1.165, 1.54) is 0 Å². The van der Waals surface area contributed by atoms with E-state index >= 15 is 0 Å². The Morgan fingerprint density at radius 1 is 0.885 bits per heavy atom. The molecule has 0 heterocycles. The van der Waals surface area contributed by atoms with Crippen LogP contribution in [0.15, 0.2) is 54.6 Å². The highest BCUT2D eigenvalue weighted by Gasteiger charge is 2.16. The Hall–Kier alpha value is -2.99. The molecule has 0 spiro atoms. The van der Waals surface area contributed by atoms with Gasteiger partial charge in [-0.25, -0.2) is 0 Å². The highest BCUT2D eigenvalue weighted by Crippen LogP contribution is 2.19. The van der Waals surface area contributed by atoms with Crippen LogP contribution in [0.4, 0.5) is 5.69 Å². The van der Waals surface area contributed by atoms with Crippen LogP contribution in [0.1, 0.15) is 22.8 Å². The van der Waals surface area contributed by atoms with Crippen molar-refractivity contribution in [2.24, 2.45) is 0 Å². The van der Waals surface area contributed by atoms with Crippen LogP contribution in [0.2, 0.25) is 0 Å². The van der Waals surface area contributed by atoms with Crippen molar-refractivity contribution in [1.82, 2.24) is 10.2 Å². The summed E-state index contributed by atoms with van der Waals surface area (Å²) in [7, 11) is 1.69. The van der Waals surface area contributed by atoms with Gasteiger partial charge in [-0.2, -0.15) is 0 Å². The number of likely N-dealkylation sites (N-methyl/N-ethyl adjacent to an activating group) is 2. The SMILES string of the molecule is CCNC(=O)CN(C)CC(=O)Nc1ccccc1C(=O)c1ccccc1. The van der Waals surface area contributed by atoms with Crippen molar-refractivity contribution in [1.29, 1.82) is 0 Å². The van der Waals surface area contributed by atoms with Crippen LogP contribution in [0.3, 0.4) is 0 Å².